The van der Waals surface area contributed by atoms with Crippen molar-refractivity contribution < 1.29 is 57.2 Å². The van der Waals surface area contributed by atoms with Crippen molar-refractivity contribution in [1.82, 2.24) is 14.7 Å². The highest BCUT2D eigenvalue weighted by atomic mass is 16.6. The highest BCUT2D eigenvalue weighted by molar-refractivity contribution is 5.92. The zero-order chi connectivity index (χ0) is 39.4. The first kappa shape index (κ1) is 44.3. The van der Waals surface area contributed by atoms with Crippen molar-refractivity contribution in [3.63, 3.8) is 0 Å². The molecule has 0 saturated carbocycles. The molecule has 0 unspecified atom stereocenters. The number of hydrogen-bond donors (Lipinski definition) is 0. The van der Waals surface area contributed by atoms with Gasteiger partial charge in [0, 0.05) is 0 Å². The fraction of sp³-hybridized carbons (Fsp3) is 0.639. The average molecular weight is 722 g/mol. The summed E-state index contributed by atoms with van der Waals surface area (Å²) < 4.78 is 26.8. The Kier molecular flexibility index (Phi) is 16.1. The first-order valence-electron chi connectivity index (χ1n) is 16.5. The van der Waals surface area contributed by atoms with Crippen LogP contribution in [0.5, 0.6) is 0 Å². The molecule has 0 fully saturated rings. The topological polar surface area (TPSA) is 175 Å². The lowest BCUT2D eigenvalue weighted by atomic mass is 10.2. The highest BCUT2D eigenvalue weighted by Crippen LogP contribution is 2.13. The Labute approximate surface area is 300 Å². The number of hydrogen-bond acceptors (Lipinski definition) is 12. The summed E-state index contributed by atoms with van der Waals surface area (Å²) in [7, 11) is 0. The molecule has 1 rings (SSSR count). The molecule has 0 aromatic heterocycles. The maximum Gasteiger partial charge on any atom is 0.411 e. The summed E-state index contributed by atoms with van der Waals surface area (Å²) in [6, 6.07) is 8.61. The fourth-order valence-corrected chi connectivity index (χ4v) is 4.11. The van der Waals surface area contributed by atoms with Gasteiger partial charge in [0.05, 0.1) is 0 Å². The van der Waals surface area contributed by atoms with Crippen molar-refractivity contribution in [2.24, 2.45) is 0 Å². The third kappa shape index (κ3) is 20.6. The molecule has 0 bridgehead atoms. The molecule has 0 spiro atoms. The molecule has 0 heterocycles. The second kappa shape index (κ2) is 18.5. The molecule has 0 N–H and O–H groups in total. The molecule has 15 nitrogen and oxygen atoms in total. The van der Waals surface area contributed by atoms with Crippen molar-refractivity contribution in [3.8, 4) is 0 Å². The average Bonchev–Trinajstić information content (AvgIpc) is 2.91. The predicted octanol–water partition coefficient (Wildman–Crippen LogP) is 3.65. The van der Waals surface area contributed by atoms with Crippen molar-refractivity contribution >= 4 is 41.8 Å². The fourth-order valence-electron chi connectivity index (χ4n) is 4.11. The van der Waals surface area contributed by atoms with Gasteiger partial charge in [-0.15, -0.1) is 0 Å². The molecule has 51 heavy (non-hydrogen) atoms. The number of carbonyl (C=O) groups excluding carboxylic acids is 7. The van der Waals surface area contributed by atoms with E-state index < -0.39 is 103 Å². The minimum absolute atomic E-state index is 0.225. The molecule has 1 aromatic rings. The summed E-state index contributed by atoms with van der Waals surface area (Å²) in [6.45, 7) is 14.9. The second-order valence-corrected chi connectivity index (χ2v) is 15.7. The molecule has 286 valence electrons. The largest absolute Gasteiger partial charge is 0.459 e. The number of amides is 3. The van der Waals surface area contributed by atoms with Crippen LogP contribution in [-0.2, 0) is 59.1 Å². The van der Waals surface area contributed by atoms with Gasteiger partial charge in [0.1, 0.15) is 68.3 Å². The monoisotopic (exact) mass is 721 g/mol. The van der Waals surface area contributed by atoms with Crippen molar-refractivity contribution in [1.29, 1.82) is 0 Å². The van der Waals surface area contributed by atoms with Crippen LogP contribution in [0.2, 0.25) is 0 Å². The number of nitrogens with zero attached hydrogens (tertiary/aromatic N) is 3. The lowest BCUT2D eigenvalue weighted by molar-refractivity contribution is -0.164. The van der Waals surface area contributed by atoms with E-state index in [9.17, 15) is 33.6 Å². The Balaban J connectivity index is 3.47. The number of carbonyl (C=O) groups is 7. The van der Waals surface area contributed by atoms with E-state index in [1.54, 1.807) is 113 Å². The smallest absolute Gasteiger partial charge is 0.411 e. The van der Waals surface area contributed by atoms with Gasteiger partial charge >= 0.3 is 30.0 Å². The summed E-state index contributed by atoms with van der Waals surface area (Å²) in [6.07, 6.45) is -1.11. The van der Waals surface area contributed by atoms with Crippen LogP contribution < -0.4 is 0 Å². The Bertz CT molecular complexity index is 1240. The van der Waals surface area contributed by atoms with Gasteiger partial charge in [-0.25, -0.2) is 4.79 Å². The van der Waals surface area contributed by atoms with Crippen LogP contribution in [-0.4, -0.2) is 118 Å². The predicted molar refractivity (Wildman–Crippen MR) is 185 cm³/mol. The van der Waals surface area contributed by atoms with E-state index in [1.165, 1.54) is 0 Å². The maximum atomic E-state index is 13.7. The van der Waals surface area contributed by atoms with Crippen LogP contribution in [0.1, 0.15) is 88.6 Å². The summed E-state index contributed by atoms with van der Waals surface area (Å²) in [4.78, 5) is 94.4. The van der Waals surface area contributed by atoms with Crippen LogP contribution in [0.15, 0.2) is 30.3 Å². The van der Waals surface area contributed by atoms with Gasteiger partial charge < -0.3 is 33.5 Å². The maximum absolute atomic E-state index is 13.7. The first-order valence-corrected chi connectivity index (χ1v) is 16.5. The summed E-state index contributed by atoms with van der Waals surface area (Å²) in [5, 5.41) is 0. The van der Waals surface area contributed by atoms with Gasteiger partial charge in [-0.2, -0.15) is 0 Å². The quantitative estimate of drug-likeness (QED) is 0.202. The molecule has 0 aliphatic carbocycles. The van der Waals surface area contributed by atoms with Crippen LogP contribution in [0.25, 0.3) is 0 Å². The minimum atomic E-state index is -1.11. The number of esters is 4. The minimum Gasteiger partial charge on any atom is -0.459 e. The van der Waals surface area contributed by atoms with Crippen molar-refractivity contribution in [2.45, 2.75) is 112 Å². The lowest BCUT2D eigenvalue weighted by Gasteiger charge is -2.30. The van der Waals surface area contributed by atoms with E-state index in [0.29, 0.717) is 5.56 Å². The summed E-state index contributed by atoms with van der Waals surface area (Å²) >= 11 is 0. The van der Waals surface area contributed by atoms with Crippen LogP contribution >= 0.6 is 0 Å². The second-order valence-electron chi connectivity index (χ2n) is 15.7. The van der Waals surface area contributed by atoms with E-state index in [1.807, 2.05) is 0 Å². The van der Waals surface area contributed by atoms with Gasteiger partial charge in [-0.3, -0.25) is 33.7 Å². The number of rotatable bonds is 14. The van der Waals surface area contributed by atoms with Gasteiger partial charge in [0.2, 0.25) is 11.8 Å². The molecule has 0 atom stereocenters. The SMILES string of the molecule is CC(C)(C)OC(=O)CN(CC(=O)OC(C)(C)C)C(=O)CN(CC(=O)N(CC(=O)OC(C)(C)C)CC(=O)OC(C)(C)C)C(=O)OCc1ccccc1. The van der Waals surface area contributed by atoms with Gasteiger partial charge in [-0.05, 0) is 88.6 Å². The summed E-state index contributed by atoms with van der Waals surface area (Å²) in [5.74, 6) is -5.21. The highest BCUT2D eigenvalue weighted by Gasteiger charge is 2.33. The normalized spacial score (nSPS) is 11.8. The van der Waals surface area contributed by atoms with E-state index in [0.717, 1.165) is 14.7 Å². The van der Waals surface area contributed by atoms with Gasteiger partial charge in [0.15, 0.2) is 0 Å². The number of benzene rings is 1. The standard InChI is InChI=1S/C36H55N3O12/c1-33(2,3)48-28(42)20-37(21-29(43)49-34(4,5)6)26(40)18-39(32(46)47-24-25-16-14-13-15-17-25)19-27(41)38(22-30(44)50-35(7,8)9)23-31(45)51-36(10,11)12/h13-17H,18-24H2,1-12H3. The number of ether oxygens (including phenoxy) is 5. The Morgan fingerprint density at radius 2 is 0.745 bits per heavy atom. The van der Waals surface area contributed by atoms with E-state index in [2.05, 4.69) is 0 Å². The Hall–Kier alpha value is -4.69. The molecule has 0 saturated heterocycles. The zero-order valence-electron chi connectivity index (χ0n) is 32.1. The van der Waals surface area contributed by atoms with E-state index >= 15 is 0 Å². The summed E-state index contributed by atoms with van der Waals surface area (Å²) in [5.41, 5.74) is -3.05. The van der Waals surface area contributed by atoms with Crippen molar-refractivity contribution in [3.05, 3.63) is 35.9 Å². The molecule has 0 aliphatic rings. The Morgan fingerprint density at radius 1 is 0.451 bits per heavy atom. The van der Waals surface area contributed by atoms with Crippen LogP contribution in [0.3, 0.4) is 0 Å². The van der Waals surface area contributed by atoms with Crippen LogP contribution in [0, 0.1) is 0 Å². The third-order valence-corrected chi connectivity index (χ3v) is 5.78. The molecule has 15 heteroatoms. The Morgan fingerprint density at radius 3 is 1.02 bits per heavy atom. The third-order valence-electron chi connectivity index (χ3n) is 5.78. The van der Waals surface area contributed by atoms with E-state index in [-0.39, 0.29) is 6.61 Å². The van der Waals surface area contributed by atoms with Crippen molar-refractivity contribution in [2.75, 3.05) is 39.3 Å². The molecular formula is C36H55N3O12. The van der Waals surface area contributed by atoms with E-state index in [4.69, 9.17) is 23.7 Å². The first-order chi connectivity index (χ1) is 23.1. The molecule has 0 radical (unpaired) electrons. The van der Waals surface area contributed by atoms with Crippen LogP contribution in [0.4, 0.5) is 4.79 Å². The molecule has 3 amide bonds. The molecular weight excluding hydrogens is 666 g/mol. The van der Waals surface area contributed by atoms with Gasteiger partial charge in [0.25, 0.3) is 0 Å². The lowest BCUT2D eigenvalue weighted by Crippen LogP contribution is -2.52. The molecule has 1 aromatic carbocycles. The van der Waals surface area contributed by atoms with Gasteiger partial charge in [-0.1, -0.05) is 30.3 Å². The zero-order valence-corrected chi connectivity index (χ0v) is 32.1. The molecule has 0 aliphatic heterocycles.